The van der Waals surface area contributed by atoms with E-state index in [1.807, 2.05) is 6.07 Å². The van der Waals surface area contributed by atoms with Gasteiger partial charge in [-0.2, -0.15) is 0 Å². The topological polar surface area (TPSA) is 61.4 Å². The Bertz CT molecular complexity index is 906. The van der Waals surface area contributed by atoms with Crippen molar-refractivity contribution in [2.75, 3.05) is 0 Å². The Kier molecular flexibility index (Phi) is 6.11. The van der Waals surface area contributed by atoms with Crippen molar-refractivity contribution in [1.82, 2.24) is 15.5 Å². The minimum absolute atomic E-state index is 0.00774. The van der Waals surface area contributed by atoms with Gasteiger partial charge in [-0.05, 0) is 80.4 Å². The van der Waals surface area contributed by atoms with Crippen molar-refractivity contribution in [2.24, 2.45) is 11.8 Å². The quantitative estimate of drug-likeness (QED) is 0.671. The van der Waals surface area contributed by atoms with Gasteiger partial charge in [0.15, 0.2) is 0 Å². The molecule has 172 valence electrons. The molecular weight excluding hydrogens is 398 g/mol. The molecule has 5 nitrogen and oxygen atoms in total. The summed E-state index contributed by atoms with van der Waals surface area (Å²) in [6.07, 6.45) is 11.7. The van der Waals surface area contributed by atoms with Gasteiger partial charge in [-0.1, -0.05) is 38.5 Å². The number of allylic oxidation sites excluding steroid dienone is 1. The fraction of sp³-hybridized carbons (Fsp3) is 0.630. The first-order valence-electron chi connectivity index (χ1n) is 12.7. The number of carbonyl (C=O) groups is 2. The number of hydrogen-bond donors (Lipinski definition) is 2. The summed E-state index contributed by atoms with van der Waals surface area (Å²) >= 11 is 0. The number of nitrogens with one attached hydrogen (secondary N) is 2. The van der Waals surface area contributed by atoms with E-state index in [1.165, 1.54) is 50.5 Å². The van der Waals surface area contributed by atoms with Crippen LogP contribution >= 0.6 is 0 Å². The van der Waals surface area contributed by atoms with Crippen molar-refractivity contribution in [3.05, 3.63) is 47.2 Å². The number of nitrogens with zero attached hydrogens (tertiary/aromatic N) is 1. The van der Waals surface area contributed by atoms with Gasteiger partial charge in [0.1, 0.15) is 6.04 Å². The van der Waals surface area contributed by atoms with E-state index in [1.54, 1.807) is 4.90 Å². The van der Waals surface area contributed by atoms with Crippen molar-refractivity contribution in [2.45, 2.75) is 95.8 Å². The molecule has 1 aromatic rings. The van der Waals surface area contributed by atoms with Crippen molar-refractivity contribution in [3.8, 4) is 0 Å². The smallest absolute Gasteiger partial charge is 0.255 e. The van der Waals surface area contributed by atoms with Crippen LogP contribution in [0.3, 0.4) is 0 Å². The minimum Gasteiger partial charge on any atom is -0.329 e. The van der Waals surface area contributed by atoms with Crippen LogP contribution in [0, 0.1) is 11.8 Å². The van der Waals surface area contributed by atoms with Crippen LogP contribution in [-0.2, 0) is 17.8 Å². The van der Waals surface area contributed by atoms with Gasteiger partial charge in [0.2, 0.25) is 5.91 Å². The molecule has 4 aliphatic rings. The van der Waals surface area contributed by atoms with E-state index in [2.05, 4.69) is 36.3 Å². The Morgan fingerprint density at radius 2 is 1.97 bits per heavy atom. The lowest BCUT2D eigenvalue weighted by atomic mass is 9.80. The molecule has 5 rings (SSSR count). The highest BCUT2D eigenvalue weighted by atomic mass is 16.2. The lowest BCUT2D eigenvalue weighted by Gasteiger charge is -2.35. The number of fused-ring (bicyclic) bond motifs is 1. The van der Waals surface area contributed by atoms with E-state index in [9.17, 15) is 9.59 Å². The van der Waals surface area contributed by atoms with Crippen molar-refractivity contribution in [1.29, 1.82) is 0 Å². The normalized spacial score (nSPS) is 29.1. The van der Waals surface area contributed by atoms with Crippen molar-refractivity contribution in [3.63, 3.8) is 0 Å². The molecule has 5 heteroatoms. The summed E-state index contributed by atoms with van der Waals surface area (Å²) in [6, 6.07) is 7.29. The number of piperidine rings is 1. The summed E-state index contributed by atoms with van der Waals surface area (Å²) in [7, 11) is 0. The molecule has 2 heterocycles. The van der Waals surface area contributed by atoms with Crippen LogP contribution in [0.25, 0.3) is 0 Å². The lowest BCUT2D eigenvalue weighted by Crippen LogP contribution is -2.49. The molecule has 1 unspecified atom stereocenters. The molecule has 2 aliphatic carbocycles. The molecular formula is C27H37N3O2. The number of benzene rings is 1. The maximum atomic E-state index is 13.0. The predicted molar refractivity (Wildman–Crippen MR) is 126 cm³/mol. The van der Waals surface area contributed by atoms with E-state index in [-0.39, 0.29) is 17.9 Å². The van der Waals surface area contributed by atoms with Crippen LogP contribution < -0.4 is 10.6 Å². The third kappa shape index (κ3) is 4.36. The van der Waals surface area contributed by atoms with Crippen LogP contribution in [0.1, 0.15) is 86.2 Å². The summed E-state index contributed by atoms with van der Waals surface area (Å²) in [6.45, 7) is 6.71. The standard InChI is InChI=1S/C27H37N3O2/c1-3-23(19-10-11-19)29-24-7-5-4-6-20(24)14-18-9-12-22-21(15-18)16-30(27(22)32)25-13-8-17(2)28-26(25)31/h9,12,15,19-20,23-25,29H,2-8,10-11,13-14,16H2,1H3,(H,28,31)/t20-,23+,24+,25?/m1/s1. The van der Waals surface area contributed by atoms with E-state index in [4.69, 9.17) is 0 Å². The van der Waals surface area contributed by atoms with Crippen LogP contribution in [0.5, 0.6) is 0 Å². The Morgan fingerprint density at radius 1 is 1.16 bits per heavy atom. The molecule has 2 N–H and O–H groups in total. The van der Waals surface area contributed by atoms with Crippen LogP contribution in [-0.4, -0.2) is 34.8 Å². The Balaban J connectivity index is 1.27. The first kappa shape index (κ1) is 21.7. The highest BCUT2D eigenvalue weighted by molar-refractivity contribution is 6.01. The summed E-state index contributed by atoms with van der Waals surface area (Å²) in [5.41, 5.74) is 3.93. The van der Waals surface area contributed by atoms with Gasteiger partial charge < -0.3 is 15.5 Å². The summed E-state index contributed by atoms with van der Waals surface area (Å²) in [4.78, 5) is 27.2. The number of carbonyl (C=O) groups excluding carboxylic acids is 2. The molecule has 3 fully saturated rings. The number of rotatable bonds is 7. The Morgan fingerprint density at radius 3 is 2.72 bits per heavy atom. The third-order valence-electron chi connectivity index (χ3n) is 8.17. The molecule has 1 saturated heterocycles. The molecule has 0 radical (unpaired) electrons. The number of amides is 2. The highest BCUT2D eigenvalue weighted by Crippen LogP contribution is 2.37. The highest BCUT2D eigenvalue weighted by Gasteiger charge is 2.38. The summed E-state index contributed by atoms with van der Waals surface area (Å²) in [5, 5.41) is 6.86. The van der Waals surface area contributed by atoms with Crippen molar-refractivity contribution < 1.29 is 9.59 Å². The first-order chi connectivity index (χ1) is 15.5. The van der Waals surface area contributed by atoms with E-state index < -0.39 is 0 Å². The predicted octanol–water partition coefficient (Wildman–Crippen LogP) is 4.31. The molecule has 4 atom stereocenters. The molecule has 2 amide bonds. The minimum atomic E-state index is -0.385. The zero-order chi connectivity index (χ0) is 22.2. The summed E-state index contributed by atoms with van der Waals surface area (Å²) in [5.74, 6) is 1.46. The fourth-order valence-corrected chi connectivity index (χ4v) is 6.17. The Labute approximate surface area is 192 Å². The van der Waals surface area contributed by atoms with Gasteiger partial charge in [-0.15, -0.1) is 0 Å². The van der Waals surface area contributed by atoms with E-state index in [0.717, 1.165) is 35.6 Å². The second kappa shape index (κ2) is 9.01. The van der Waals surface area contributed by atoms with Gasteiger partial charge in [0.25, 0.3) is 5.91 Å². The third-order valence-corrected chi connectivity index (χ3v) is 8.17. The largest absolute Gasteiger partial charge is 0.329 e. The van der Waals surface area contributed by atoms with Gasteiger partial charge in [0.05, 0.1) is 0 Å². The second-order valence-corrected chi connectivity index (χ2v) is 10.4. The summed E-state index contributed by atoms with van der Waals surface area (Å²) < 4.78 is 0. The van der Waals surface area contributed by atoms with Crippen LogP contribution in [0.15, 0.2) is 30.5 Å². The second-order valence-electron chi connectivity index (χ2n) is 10.4. The maximum absolute atomic E-state index is 13.0. The van der Waals surface area contributed by atoms with Gasteiger partial charge >= 0.3 is 0 Å². The SMILES string of the molecule is C=C1CCC(N2Cc3cc(C[C@H]4CCCC[C@@H]4N[C@@H](CC)C4CC4)ccc3C2=O)C(=O)N1. The molecule has 0 aromatic heterocycles. The molecule has 2 saturated carbocycles. The Hall–Kier alpha value is -2.14. The van der Waals surface area contributed by atoms with Crippen LogP contribution in [0.2, 0.25) is 0 Å². The van der Waals surface area contributed by atoms with E-state index >= 15 is 0 Å². The molecule has 1 aromatic carbocycles. The zero-order valence-corrected chi connectivity index (χ0v) is 19.4. The number of hydrogen-bond acceptors (Lipinski definition) is 3. The zero-order valence-electron chi connectivity index (χ0n) is 19.4. The van der Waals surface area contributed by atoms with E-state index in [0.29, 0.717) is 31.0 Å². The van der Waals surface area contributed by atoms with Crippen molar-refractivity contribution >= 4 is 11.8 Å². The first-order valence-corrected chi connectivity index (χ1v) is 12.7. The fourth-order valence-electron chi connectivity index (χ4n) is 6.17. The molecule has 0 bridgehead atoms. The molecule has 0 spiro atoms. The van der Waals surface area contributed by atoms with Gasteiger partial charge in [-0.25, -0.2) is 0 Å². The maximum Gasteiger partial charge on any atom is 0.255 e. The molecule has 2 aliphatic heterocycles. The monoisotopic (exact) mass is 435 g/mol. The molecule has 32 heavy (non-hydrogen) atoms. The average Bonchev–Trinajstić information content (AvgIpc) is 3.57. The average molecular weight is 436 g/mol. The van der Waals surface area contributed by atoms with Gasteiger partial charge in [-0.3, -0.25) is 9.59 Å². The van der Waals surface area contributed by atoms with Crippen LogP contribution in [0.4, 0.5) is 0 Å². The van der Waals surface area contributed by atoms with Gasteiger partial charge in [0, 0.05) is 29.9 Å². The lowest BCUT2D eigenvalue weighted by molar-refractivity contribution is -0.126.